The van der Waals surface area contributed by atoms with Crippen LogP contribution in [0.15, 0.2) is 65.0 Å². The van der Waals surface area contributed by atoms with Gasteiger partial charge in [-0.05, 0) is 55.3 Å². The number of thiazole rings is 1. The molecular weight excluding hydrogens is 394 g/mol. The predicted octanol–water partition coefficient (Wildman–Crippen LogP) is 4.21. The molecule has 0 aliphatic heterocycles. The molecule has 8 heteroatoms. The van der Waals surface area contributed by atoms with Gasteiger partial charge in [-0.1, -0.05) is 23.8 Å². The number of nitrogens with one attached hydrogen (secondary N) is 2. The summed E-state index contributed by atoms with van der Waals surface area (Å²) in [5, 5.41) is 4.70. The molecule has 0 saturated carbocycles. The first kappa shape index (κ1) is 19.8. The Bertz CT molecular complexity index is 1100. The Morgan fingerprint density at radius 3 is 2.54 bits per heavy atom. The van der Waals surface area contributed by atoms with Gasteiger partial charge in [0.05, 0.1) is 4.90 Å². The SMILES string of the molecule is Cc1ccc(C)c(/C=C/C(=O)Nc2ccc(S(=O)(=O)Nc3nccs3)cc2)c1. The molecule has 144 valence electrons. The van der Waals surface area contributed by atoms with Crippen molar-refractivity contribution in [1.29, 1.82) is 0 Å². The van der Waals surface area contributed by atoms with E-state index in [1.54, 1.807) is 23.6 Å². The lowest BCUT2D eigenvalue weighted by Crippen LogP contribution is -2.13. The summed E-state index contributed by atoms with van der Waals surface area (Å²) in [6.45, 7) is 3.98. The van der Waals surface area contributed by atoms with E-state index in [-0.39, 0.29) is 10.8 Å². The minimum Gasteiger partial charge on any atom is -0.323 e. The lowest BCUT2D eigenvalue weighted by Gasteiger charge is -2.07. The molecule has 2 aromatic carbocycles. The van der Waals surface area contributed by atoms with Crippen molar-refractivity contribution in [2.75, 3.05) is 10.0 Å². The Hall–Kier alpha value is -2.97. The first-order chi connectivity index (χ1) is 13.3. The smallest absolute Gasteiger partial charge is 0.263 e. The molecule has 0 bridgehead atoms. The van der Waals surface area contributed by atoms with Crippen LogP contribution in [-0.4, -0.2) is 19.3 Å². The molecule has 3 aromatic rings. The van der Waals surface area contributed by atoms with Crippen molar-refractivity contribution in [3.63, 3.8) is 0 Å². The van der Waals surface area contributed by atoms with Gasteiger partial charge in [-0.2, -0.15) is 0 Å². The van der Waals surface area contributed by atoms with Gasteiger partial charge < -0.3 is 5.32 Å². The number of anilines is 2. The molecular formula is C20H19N3O3S2. The summed E-state index contributed by atoms with van der Waals surface area (Å²) in [6.07, 6.45) is 4.73. The summed E-state index contributed by atoms with van der Waals surface area (Å²) in [5.74, 6) is -0.294. The monoisotopic (exact) mass is 413 g/mol. The van der Waals surface area contributed by atoms with Crippen molar-refractivity contribution >= 4 is 44.2 Å². The lowest BCUT2D eigenvalue weighted by atomic mass is 10.1. The normalized spacial score (nSPS) is 11.5. The van der Waals surface area contributed by atoms with Gasteiger partial charge in [0.25, 0.3) is 10.0 Å². The Balaban J connectivity index is 1.66. The molecule has 2 N–H and O–H groups in total. The van der Waals surface area contributed by atoms with E-state index in [0.29, 0.717) is 10.8 Å². The highest BCUT2D eigenvalue weighted by Crippen LogP contribution is 2.19. The molecule has 0 fully saturated rings. The molecule has 0 saturated heterocycles. The van der Waals surface area contributed by atoms with Gasteiger partial charge >= 0.3 is 0 Å². The summed E-state index contributed by atoms with van der Waals surface area (Å²) in [6, 6.07) is 12.0. The fraction of sp³-hybridized carbons (Fsp3) is 0.100. The van der Waals surface area contributed by atoms with Crippen molar-refractivity contribution in [3.05, 3.63) is 76.8 Å². The molecule has 6 nitrogen and oxygen atoms in total. The van der Waals surface area contributed by atoms with Crippen molar-refractivity contribution in [2.24, 2.45) is 0 Å². The lowest BCUT2D eigenvalue weighted by molar-refractivity contribution is -0.111. The second kappa shape index (κ2) is 8.37. The quantitative estimate of drug-likeness (QED) is 0.593. The summed E-state index contributed by atoms with van der Waals surface area (Å²) >= 11 is 1.20. The molecule has 1 aromatic heterocycles. The average Bonchev–Trinajstić information content (AvgIpc) is 3.15. The third-order valence-corrected chi connectivity index (χ3v) is 6.11. The largest absolute Gasteiger partial charge is 0.323 e. The number of aromatic nitrogens is 1. The molecule has 1 amide bonds. The number of aryl methyl sites for hydroxylation is 2. The van der Waals surface area contributed by atoms with E-state index in [1.165, 1.54) is 35.7 Å². The standard InChI is InChI=1S/C20H19N3O3S2/c1-14-3-4-15(2)16(13-14)5-10-19(24)22-17-6-8-18(9-7-17)28(25,26)23-20-21-11-12-27-20/h3-13H,1-2H3,(H,21,23)(H,22,24)/b10-5+. The fourth-order valence-electron chi connectivity index (χ4n) is 2.45. The topological polar surface area (TPSA) is 88.2 Å². The van der Waals surface area contributed by atoms with Crippen LogP contribution in [0.5, 0.6) is 0 Å². The highest BCUT2D eigenvalue weighted by molar-refractivity contribution is 7.93. The van der Waals surface area contributed by atoms with E-state index >= 15 is 0 Å². The predicted molar refractivity (Wildman–Crippen MR) is 113 cm³/mol. The number of carbonyl (C=O) groups is 1. The van der Waals surface area contributed by atoms with Crippen molar-refractivity contribution in [2.45, 2.75) is 18.7 Å². The maximum absolute atomic E-state index is 12.3. The summed E-state index contributed by atoms with van der Waals surface area (Å²) in [4.78, 5) is 16.1. The third kappa shape index (κ3) is 5.05. The number of hydrogen-bond donors (Lipinski definition) is 2. The molecule has 0 aliphatic carbocycles. The average molecular weight is 414 g/mol. The molecule has 3 rings (SSSR count). The Labute approximate surface area is 168 Å². The number of nitrogens with zero attached hydrogens (tertiary/aromatic N) is 1. The number of carbonyl (C=O) groups excluding carboxylic acids is 1. The molecule has 0 atom stereocenters. The number of amides is 1. The maximum atomic E-state index is 12.3. The van der Waals surface area contributed by atoms with Crippen LogP contribution in [0.4, 0.5) is 10.8 Å². The zero-order valence-corrected chi connectivity index (χ0v) is 17.0. The van der Waals surface area contributed by atoms with E-state index in [9.17, 15) is 13.2 Å². The first-order valence-corrected chi connectivity index (χ1v) is 10.8. The minimum atomic E-state index is -3.71. The van der Waals surface area contributed by atoms with Crippen LogP contribution in [-0.2, 0) is 14.8 Å². The fourth-order valence-corrected chi connectivity index (χ4v) is 4.24. The zero-order chi connectivity index (χ0) is 20.1. The highest BCUT2D eigenvalue weighted by Gasteiger charge is 2.15. The highest BCUT2D eigenvalue weighted by atomic mass is 32.2. The molecule has 28 heavy (non-hydrogen) atoms. The molecule has 0 radical (unpaired) electrons. The van der Waals surface area contributed by atoms with E-state index in [0.717, 1.165) is 16.7 Å². The van der Waals surface area contributed by atoms with Crippen molar-refractivity contribution in [1.82, 2.24) is 4.98 Å². The molecule has 0 aliphatic rings. The van der Waals surface area contributed by atoms with Crippen LogP contribution in [0, 0.1) is 13.8 Å². The molecule has 1 heterocycles. The van der Waals surface area contributed by atoms with Gasteiger partial charge in [0.1, 0.15) is 0 Å². The third-order valence-electron chi connectivity index (χ3n) is 3.94. The van der Waals surface area contributed by atoms with Crippen LogP contribution in [0.1, 0.15) is 16.7 Å². The number of sulfonamides is 1. The van der Waals surface area contributed by atoms with Crippen LogP contribution >= 0.6 is 11.3 Å². The van der Waals surface area contributed by atoms with Crippen LogP contribution in [0.25, 0.3) is 6.08 Å². The summed E-state index contributed by atoms with van der Waals surface area (Å²) in [7, 11) is -3.71. The van der Waals surface area contributed by atoms with Gasteiger partial charge in [0.15, 0.2) is 5.13 Å². The van der Waals surface area contributed by atoms with Gasteiger partial charge in [-0.15, -0.1) is 11.3 Å². The zero-order valence-electron chi connectivity index (χ0n) is 15.3. The van der Waals surface area contributed by atoms with E-state index in [4.69, 9.17) is 0 Å². The molecule has 0 unspecified atom stereocenters. The first-order valence-electron chi connectivity index (χ1n) is 8.42. The van der Waals surface area contributed by atoms with Gasteiger partial charge in [-0.25, -0.2) is 13.4 Å². The Kier molecular flexibility index (Phi) is 5.91. The number of rotatable bonds is 6. The summed E-state index contributed by atoms with van der Waals surface area (Å²) in [5.41, 5.74) is 3.68. The molecule has 0 spiro atoms. The minimum absolute atomic E-state index is 0.0895. The van der Waals surface area contributed by atoms with E-state index in [1.807, 2.05) is 32.0 Å². The second-order valence-corrected chi connectivity index (χ2v) is 8.73. The number of hydrogen-bond acceptors (Lipinski definition) is 5. The van der Waals surface area contributed by atoms with Crippen LogP contribution < -0.4 is 10.0 Å². The van der Waals surface area contributed by atoms with Crippen molar-refractivity contribution in [3.8, 4) is 0 Å². The van der Waals surface area contributed by atoms with Gasteiger partial charge in [-0.3, -0.25) is 9.52 Å². The van der Waals surface area contributed by atoms with Crippen LogP contribution in [0.3, 0.4) is 0 Å². The van der Waals surface area contributed by atoms with E-state index in [2.05, 4.69) is 15.0 Å². The Morgan fingerprint density at radius 1 is 1.11 bits per heavy atom. The van der Waals surface area contributed by atoms with Crippen molar-refractivity contribution < 1.29 is 13.2 Å². The number of benzene rings is 2. The maximum Gasteiger partial charge on any atom is 0.263 e. The van der Waals surface area contributed by atoms with Crippen LogP contribution in [0.2, 0.25) is 0 Å². The van der Waals surface area contributed by atoms with Gasteiger partial charge in [0, 0.05) is 23.3 Å². The summed E-state index contributed by atoms with van der Waals surface area (Å²) < 4.78 is 27.0. The van der Waals surface area contributed by atoms with E-state index < -0.39 is 10.0 Å². The second-order valence-electron chi connectivity index (χ2n) is 6.15. The van der Waals surface area contributed by atoms with Gasteiger partial charge in [0.2, 0.25) is 5.91 Å². The Morgan fingerprint density at radius 2 is 1.86 bits per heavy atom.